The van der Waals surface area contributed by atoms with E-state index in [4.69, 9.17) is 10.7 Å². The molecule has 0 aromatic heterocycles. The Bertz CT molecular complexity index is 647. The minimum Gasteiger partial charge on any atom is -0.339 e. The lowest BCUT2D eigenvalue weighted by molar-refractivity contribution is 0.0739. The second kappa shape index (κ2) is 6.70. The van der Waals surface area contributed by atoms with Crippen molar-refractivity contribution in [3.63, 3.8) is 0 Å². The number of halogens is 3. The van der Waals surface area contributed by atoms with Crippen LogP contribution in [-0.2, 0) is 9.05 Å². The van der Waals surface area contributed by atoms with Gasteiger partial charge in [0.15, 0.2) is 11.6 Å². The third-order valence-corrected chi connectivity index (χ3v) is 4.10. The van der Waals surface area contributed by atoms with Crippen molar-refractivity contribution < 1.29 is 22.0 Å². The van der Waals surface area contributed by atoms with Gasteiger partial charge < -0.3 is 4.90 Å². The number of carbonyl (C=O) groups excluding carboxylic acids is 1. The van der Waals surface area contributed by atoms with Crippen molar-refractivity contribution in [2.45, 2.75) is 25.7 Å². The minimum atomic E-state index is -4.26. The molecule has 118 valence electrons. The van der Waals surface area contributed by atoms with Crippen molar-refractivity contribution in [2.24, 2.45) is 5.92 Å². The maximum atomic E-state index is 13.8. The molecular weight excluding hydrogens is 324 g/mol. The lowest BCUT2D eigenvalue weighted by Crippen LogP contribution is -2.34. The monoisotopic (exact) mass is 339 g/mol. The normalized spacial score (nSPS) is 11.8. The summed E-state index contributed by atoms with van der Waals surface area (Å²) in [4.78, 5) is 12.9. The van der Waals surface area contributed by atoms with Crippen molar-refractivity contribution in [3.8, 4) is 0 Å². The van der Waals surface area contributed by atoms with Crippen molar-refractivity contribution in [1.82, 2.24) is 4.90 Å². The number of rotatable bonds is 5. The van der Waals surface area contributed by atoms with Crippen LogP contribution < -0.4 is 0 Å². The van der Waals surface area contributed by atoms with E-state index in [1.807, 2.05) is 13.8 Å². The fraction of sp³-hybridized carbons (Fsp3) is 0.462. The third-order valence-electron chi connectivity index (χ3n) is 2.77. The molecule has 8 heteroatoms. The molecule has 0 radical (unpaired) electrons. The van der Waals surface area contributed by atoms with Crippen LogP contribution in [0.25, 0.3) is 0 Å². The Morgan fingerprint density at radius 1 is 1.33 bits per heavy atom. The van der Waals surface area contributed by atoms with Gasteiger partial charge in [0.05, 0.1) is 10.5 Å². The van der Waals surface area contributed by atoms with Crippen LogP contribution >= 0.6 is 10.7 Å². The van der Waals surface area contributed by atoms with Gasteiger partial charge in [-0.2, -0.15) is 0 Å². The molecule has 0 aliphatic carbocycles. The first-order valence-corrected chi connectivity index (χ1v) is 8.61. The fourth-order valence-corrected chi connectivity index (χ4v) is 2.60. The van der Waals surface area contributed by atoms with Crippen LogP contribution in [-0.4, -0.2) is 32.3 Å². The van der Waals surface area contributed by atoms with E-state index in [0.29, 0.717) is 12.6 Å². The number of hydrogen-bond acceptors (Lipinski definition) is 3. The maximum Gasteiger partial charge on any atom is 0.261 e. The number of carbonyl (C=O) groups is 1. The molecule has 1 aromatic rings. The smallest absolute Gasteiger partial charge is 0.261 e. The largest absolute Gasteiger partial charge is 0.339 e. The molecule has 4 nitrogen and oxygen atoms in total. The van der Waals surface area contributed by atoms with Gasteiger partial charge in [-0.1, -0.05) is 13.8 Å². The predicted molar refractivity (Wildman–Crippen MR) is 75.8 cm³/mol. The first-order valence-electron chi connectivity index (χ1n) is 6.30. The Hall–Kier alpha value is -1.21. The summed E-state index contributed by atoms with van der Waals surface area (Å²) in [5, 5.41) is 0. The van der Waals surface area contributed by atoms with Crippen LogP contribution in [0.15, 0.2) is 17.0 Å². The molecule has 0 fully saturated rings. The van der Waals surface area contributed by atoms with Gasteiger partial charge in [-0.25, -0.2) is 17.2 Å². The molecule has 0 N–H and O–H groups in total. The summed E-state index contributed by atoms with van der Waals surface area (Å²) in [7, 11) is 0.857. The highest BCUT2D eigenvalue weighted by Gasteiger charge is 2.25. The third kappa shape index (κ3) is 4.38. The standard InChI is InChI=1S/C13H16ClF2NO3S/c1-4-17(7-8(2)3)13(18)10-5-9(21(14,19)20)6-11(15)12(10)16/h5-6,8H,4,7H2,1-3H3. The quantitative estimate of drug-likeness (QED) is 0.775. The van der Waals surface area contributed by atoms with Crippen LogP contribution in [0.4, 0.5) is 8.78 Å². The Labute approximate surface area is 127 Å². The molecule has 0 saturated heterocycles. The van der Waals surface area contributed by atoms with Crippen LogP contribution in [0.5, 0.6) is 0 Å². The molecular formula is C13H16ClF2NO3S. The summed E-state index contributed by atoms with van der Waals surface area (Å²) >= 11 is 0. The van der Waals surface area contributed by atoms with Gasteiger partial charge >= 0.3 is 0 Å². The zero-order valence-electron chi connectivity index (χ0n) is 11.9. The molecule has 0 spiro atoms. The van der Waals surface area contributed by atoms with E-state index in [9.17, 15) is 22.0 Å². The fourth-order valence-electron chi connectivity index (χ4n) is 1.83. The minimum absolute atomic E-state index is 0.127. The average molecular weight is 340 g/mol. The van der Waals surface area contributed by atoms with Crippen LogP contribution in [0.1, 0.15) is 31.1 Å². The molecule has 0 heterocycles. The highest BCUT2D eigenvalue weighted by Crippen LogP contribution is 2.23. The van der Waals surface area contributed by atoms with E-state index in [0.717, 1.165) is 6.07 Å². The van der Waals surface area contributed by atoms with E-state index in [1.54, 1.807) is 6.92 Å². The Morgan fingerprint density at radius 3 is 2.33 bits per heavy atom. The van der Waals surface area contributed by atoms with Crippen LogP contribution in [0, 0.1) is 17.6 Å². The van der Waals surface area contributed by atoms with Crippen molar-refractivity contribution >= 4 is 25.6 Å². The molecule has 1 rings (SSSR count). The summed E-state index contributed by atoms with van der Waals surface area (Å²) in [6.45, 7) is 6.06. The zero-order chi connectivity index (χ0) is 16.4. The number of hydrogen-bond donors (Lipinski definition) is 0. The molecule has 0 unspecified atom stereocenters. The van der Waals surface area contributed by atoms with E-state index in [1.165, 1.54) is 4.90 Å². The molecule has 0 aliphatic rings. The highest BCUT2D eigenvalue weighted by atomic mass is 35.7. The molecule has 0 bridgehead atoms. The second-order valence-corrected chi connectivity index (χ2v) is 7.51. The summed E-state index contributed by atoms with van der Waals surface area (Å²) in [5.74, 6) is -3.46. The SMILES string of the molecule is CCN(CC(C)C)C(=O)c1cc(S(=O)(=O)Cl)cc(F)c1F. The predicted octanol–water partition coefficient (Wildman–Crippen LogP) is 3.01. The lowest BCUT2D eigenvalue weighted by Gasteiger charge is -2.23. The second-order valence-electron chi connectivity index (χ2n) is 4.94. The van der Waals surface area contributed by atoms with Crippen molar-refractivity contribution in [1.29, 1.82) is 0 Å². The Kier molecular flexibility index (Phi) is 5.69. The van der Waals surface area contributed by atoms with Gasteiger partial charge in [0.25, 0.3) is 15.0 Å². The highest BCUT2D eigenvalue weighted by molar-refractivity contribution is 8.13. The van der Waals surface area contributed by atoms with Gasteiger partial charge in [-0.3, -0.25) is 4.79 Å². The van der Waals surface area contributed by atoms with E-state index in [2.05, 4.69) is 0 Å². The summed E-state index contributed by atoms with van der Waals surface area (Å²) in [5.41, 5.74) is -0.642. The van der Waals surface area contributed by atoms with E-state index < -0.39 is 37.1 Å². The topological polar surface area (TPSA) is 54.5 Å². The Morgan fingerprint density at radius 2 is 1.90 bits per heavy atom. The van der Waals surface area contributed by atoms with Gasteiger partial charge in [0.2, 0.25) is 0 Å². The number of benzene rings is 1. The molecule has 21 heavy (non-hydrogen) atoms. The zero-order valence-corrected chi connectivity index (χ0v) is 13.4. The summed E-state index contributed by atoms with van der Waals surface area (Å²) in [6, 6.07) is 1.21. The average Bonchev–Trinajstić information content (AvgIpc) is 2.36. The van der Waals surface area contributed by atoms with Gasteiger partial charge in [-0.15, -0.1) is 0 Å². The number of nitrogens with zero attached hydrogens (tertiary/aromatic N) is 1. The molecule has 1 aromatic carbocycles. The van der Waals surface area contributed by atoms with Gasteiger partial charge in [0.1, 0.15) is 0 Å². The molecule has 0 aliphatic heterocycles. The maximum absolute atomic E-state index is 13.8. The summed E-state index contributed by atoms with van der Waals surface area (Å²) in [6.07, 6.45) is 0. The molecule has 0 atom stereocenters. The van der Waals surface area contributed by atoms with E-state index >= 15 is 0 Å². The molecule has 1 amide bonds. The first-order chi connectivity index (χ1) is 9.57. The Balaban J connectivity index is 3.35. The number of amides is 1. The van der Waals surface area contributed by atoms with E-state index in [-0.39, 0.29) is 12.5 Å². The van der Waals surface area contributed by atoms with Crippen molar-refractivity contribution in [3.05, 3.63) is 29.3 Å². The van der Waals surface area contributed by atoms with Gasteiger partial charge in [0, 0.05) is 23.8 Å². The summed E-state index contributed by atoms with van der Waals surface area (Å²) < 4.78 is 49.8. The molecule has 0 saturated carbocycles. The van der Waals surface area contributed by atoms with Crippen LogP contribution in [0.2, 0.25) is 0 Å². The first kappa shape index (κ1) is 17.8. The van der Waals surface area contributed by atoms with Gasteiger partial charge in [-0.05, 0) is 25.0 Å². The van der Waals surface area contributed by atoms with Crippen LogP contribution in [0.3, 0.4) is 0 Å². The van der Waals surface area contributed by atoms with Crippen molar-refractivity contribution in [2.75, 3.05) is 13.1 Å². The lowest BCUT2D eigenvalue weighted by atomic mass is 10.1.